The Morgan fingerprint density at radius 1 is 1.07 bits per heavy atom. The van der Waals surface area contributed by atoms with Crippen LogP contribution in [0.2, 0.25) is 5.02 Å². The second kappa shape index (κ2) is 12.2. The summed E-state index contributed by atoms with van der Waals surface area (Å²) in [7, 11) is 0. The number of hydrogen-bond acceptors (Lipinski definition) is 3. The van der Waals surface area contributed by atoms with Gasteiger partial charge in [-0.25, -0.2) is 0 Å². The molecule has 2 aromatic carbocycles. The highest BCUT2D eigenvalue weighted by molar-refractivity contribution is 6.30. The van der Waals surface area contributed by atoms with Crippen LogP contribution in [-0.4, -0.2) is 42.5 Å². The third-order valence-electron chi connectivity index (χ3n) is 4.60. The van der Waals surface area contributed by atoms with E-state index in [-0.39, 0.29) is 18.2 Å². The molecule has 0 aromatic heterocycles. The molecule has 1 N–H and O–H groups in total. The summed E-state index contributed by atoms with van der Waals surface area (Å²) in [4.78, 5) is 27.3. The molecule has 1 unspecified atom stereocenters. The third-order valence-corrected chi connectivity index (χ3v) is 4.85. The maximum absolute atomic E-state index is 13.1. The molecule has 2 aromatic rings. The average Bonchev–Trinajstić information content (AvgIpc) is 2.73. The van der Waals surface area contributed by atoms with Crippen molar-refractivity contribution in [2.75, 3.05) is 19.8 Å². The lowest BCUT2D eigenvalue weighted by Crippen LogP contribution is -2.48. The van der Waals surface area contributed by atoms with E-state index in [9.17, 15) is 9.59 Å². The van der Waals surface area contributed by atoms with Gasteiger partial charge in [0.15, 0.2) is 0 Å². The number of hydrogen-bond donors (Lipinski definition) is 1. The molecule has 2 rings (SSSR count). The zero-order valence-corrected chi connectivity index (χ0v) is 17.8. The van der Waals surface area contributed by atoms with Gasteiger partial charge in [0, 0.05) is 31.3 Å². The molecule has 5 nitrogen and oxygen atoms in total. The molecule has 0 bridgehead atoms. The van der Waals surface area contributed by atoms with Crippen molar-refractivity contribution in [1.82, 2.24) is 10.2 Å². The first-order valence-corrected chi connectivity index (χ1v) is 10.3. The fourth-order valence-corrected chi connectivity index (χ4v) is 3.05. The van der Waals surface area contributed by atoms with Gasteiger partial charge in [-0.1, -0.05) is 54.1 Å². The van der Waals surface area contributed by atoms with Crippen LogP contribution < -0.4 is 5.32 Å². The number of benzene rings is 2. The summed E-state index contributed by atoms with van der Waals surface area (Å²) < 4.78 is 5.29. The van der Waals surface area contributed by atoms with Crippen molar-refractivity contribution in [1.29, 1.82) is 0 Å². The van der Waals surface area contributed by atoms with Gasteiger partial charge in [-0.3, -0.25) is 9.59 Å². The molecular weight excluding hydrogens is 388 g/mol. The normalized spacial score (nSPS) is 11.7. The van der Waals surface area contributed by atoms with E-state index in [1.54, 1.807) is 24.0 Å². The summed E-state index contributed by atoms with van der Waals surface area (Å²) in [5.41, 5.74) is 1.84. The van der Waals surface area contributed by atoms with E-state index >= 15 is 0 Å². The third kappa shape index (κ3) is 7.87. The smallest absolute Gasteiger partial charge is 0.242 e. The summed E-state index contributed by atoms with van der Waals surface area (Å²) in [6.07, 6.45) is 0.954. The first-order chi connectivity index (χ1) is 14.0. The highest BCUT2D eigenvalue weighted by Gasteiger charge is 2.26. The van der Waals surface area contributed by atoms with Gasteiger partial charge in [0.25, 0.3) is 0 Å². The van der Waals surface area contributed by atoms with Crippen molar-refractivity contribution in [3.8, 4) is 0 Å². The van der Waals surface area contributed by atoms with Gasteiger partial charge in [0.05, 0.1) is 6.42 Å². The Balaban J connectivity index is 2.05. The van der Waals surface area contributed by atoms with Crippen molar-refractivity contribution in [2.24, 2.45) is 0 Å². The van der Waals surface area contributed by atoms with Gasteiger partial charge in [-0.05, 0) is 43.5 Å². The summed E-state index contributed by atoms with van der Waals surface area (Å²) >= 11 is 5.93. The van der Waals surface area contributed by atoms with E-state index < -0.39 is 6.04 Å². The van der Waals surface area contributed by atoms with Gasteiger partial charge in [0.2, 0.25) is 11.8 Å². The monoisotopic (exact) mass is 416 g/mol. The van der Waals surface area contributed by atoms with Crippen LogP contribution in [0.1, 0.15) is 31.4 Å². The Hall–Kier alpha value is -2.37. The number of carbonyl (C=O) groups is 2. The second-order valence-electron chi connectivity index (χ2n) is 6.83. The molecule has 0 saturated carbocycles. The molecule has 2 amide bonds. The zero-order valence-electron chi connectivity index (χ0n) is 17.1. The molecular formula is C23H29ClN2O3. The van der Waals surface area contributed by atoms with Gasteiger partial charge >= 0.3 is 0 Å². The minimum atomic E-state index is -0.581. The minimum absolute atomic E-state index is 0.104. The van der Waals surface area contributed by atoms with Gasteiger partial charge < -0.3 is 15.0 Å². The summed E-state index contributed by atoms with van der Waals surface area (Å²) in [5, 5.41) is 3.53. The molecule has 0 heterocycles. The number of nitrogens with zero attached hydrogens (tertiary/aromatic N) is 1. The van der Waals surface area contributed by atoms with Crippen LogP contribution in [0.4, 0.5) is 0 Å². The molecule has 0 fully saturated rings. The Labute approximate surface area is 178 Å². The van der Waals surface area contributed by atoms with Crippen molar-refractivity contribution >= 4 is 23.4 Å². The van der Waals surface area contributed by atoms with Gasteiger partial charge in [-0.15, -0.1) is 0 Å². The molecule has 156 valence electrons. The quantitative estimate of drug-likeness (QED) is 0.566. The minimum Gasteiger partial charge on any atom is -0.382 e. The molecule has 0 aliphatic rings. The number of carbonyl (C=O) groups excluding carboxylic acids is 2. The van der Waals surface area contributed by atoms with Crippen LogP contribution >= 0.6 is 11.6 Å². The van der Waals surface area contributed by atoms with E-state index in [1.807, 2.05) is 49.4 Å². The SMILES string of the molecule is CCOCCCNC(=O)C(C)N(Cc1ccccc1)C(=O)Cc1ccc(Cl)cc1. The second-order valence-corrected chi connectivity index (χ2v) is 7.26. The zero-order chi connectivity index (χ0) is 21.1. The van der Waals surface area contributed by atoms with Crippen LogP contribution in [0.25, 0.3) is 0 Å². The number of nitrogens with one attached hydrogen (secondary N) is 1. The van der Waals surface area contributed by atoms with E-state index in [0.717, 1.165) is 17.5 Å². The fraction of sp³-hybridized carbons (Fsp3) is 0.391. The van der Waals surface area contributed by atoms with Crippen LogP contribution in [0.5, 0.6) is 0 Å². The van der Waals surface area contributed by atoms with Crippen LogP contribution in [0, 0.1) is 0 Å². The lowest BCUT2D eigenvalue weighted by atomic mass is 10.1. The lowest BCUT2D eigenvalue weighted by Gasteiger charge is -2.29. The van der Waals surface area contributed by atoms with Crippen LogP contribution in [0.3, 0.4) is 0 Å². The van der Waals surface area contributed by atoms with E-state index in [4.69, 9.17) is 16.3 Å². The summed E-state index contributed by atoms with van der Waals surface area (Å²) in [5.74, 6) is -0.268. The van der Waals surface area contributed by atoms with Crippen molar-refractivity contribution in [3.63, 3.8) is 0 Å². The highest BCUT2D eigenvalue weighted by atomic mass is 35.5. The maximum Gasteiger partial charge on any atom is 0.242 e. The van der Waals surface area contributed by atoms with E-state index in [0.29, 0.717) is 31.3 Å². The molecule has 29 heavy (non-hydrogen) atoms. The molecule has 0 saturated heterocycles. The van der Waals surface area contributed by atoms with Gasteiger partial charge in [0.1, 0.15) is 6.04 Å². The lowest BCUT2D eigenvalue weighted by molar-refractivity contribution is -0.140. The predicted molar refractivity (Wildman–Crippen MR) is 116 cm³/mol. The number of halogens is 1. The highest BCUT2D eigenvalue weighted by Crippen LogP contribution is 2.14. The molecule has 0 aliphatic heterocycles. The van der Waals surface area contributed by atoms with Crippen molar-refractivity contribution in [2.45, 2.75) is 39.3 Å². The topological polar surface area (TPSA) is 58.6 Å². The predicted octanol–water partition coefficient (Wildman–Crippen LogP) is 3.84. The summed E-state index contributed by atoms with van der Waals surface area (Å²) in [6.45, 7) is 5.87. The molecule has 6 heteroatoms. The Morgan fingerprint density at radius 2 is 1.76 bits per heavy atom. The van der Waals surface area contributed by atoms with E-state index in [2.05, 4.69) is 5.32 Å². The average molecular weight is 417 g/mol. The number of amides is 2. The van der Waals surface area contributed by atoms with Crippen LogP contribution in [0.15, 0.2) is 54.6 Å². The van der Waals surface area contributed by atoms with Crippen molar-refractivity contribution in [3.05, 3.63) is 70.7 Å². The largest absolute Gasteiger partial charge is 0.382 e. The fourth-order valence-electron chi connectivity index (χ4n) is 2.92. The molecule has 0 aliphatic carbocycles. The Kier molecular flexibility index (Phi) is 9.68. The molecule has 0 spiro atoms. The van der Waals surface area contributed by atoms with Crippen molar-refractivity contribution < 1.29 is 14.3 Å². The van der Waals surface area contributed by atoms with Gasteiger partial charge in [-0.2, -0.15) is 0 Å². The van der Waals surface area contributed by atoms with Crippen LogP contribution in [-0.2, 0) is 27.3 Å². The molecule has 0 radical (unpaired) electrons. The Morgan fingerprint density at radius 3 is 2.41 bits per heavy atom. The standard InChI is InChI=1S/C23H29ClN2O3/c1-3-29-15-7-14-25-23(28)18(2)26(17-20-8-5-4-6-9-20)22(27)16-19-10-12-21(24)13-11-19/h4-6,8-13,18H,3,7,14-17H2,1-2H3,(H,25,28). The number of ether oxygens (including phenoxy) is 1. The first kappa shape index (κ1) is 22.9. The first-order valence-electron chi connectivity index (χ1n) is 9.94. The maximum atomic E-state index is 13.1. The van der Waals surface area contributed by atoms with E-state index in [1.165, 1.54) is 0 Å². The summed E-state index contributed by atoms with van der Waals surface area (Å²) in [6, 6.07) is 16.3. The Bertz CT molecular complexity index is 765. The molecule has 1 atom stereocenters. The number of rotatable bonds is 11.